The Kier molecular flexibility index (Phi) is 6.28. The first-order chi connectivity index (χ1) is 11.0. The summed E-state index contributed by atoms with van der Waals surface area (Å²) in [4.78, 5) is 12.0. The summed E-state index contributed by atoms with van der Waals surface area (Å²) >= 11 is 12.0. The van der Waals surface area contributed by atoms with Gasteiger partial charge in [0.15, 0.2) is 0 Å². The first-order valence-electron chi connectivity index (χ1n) is 7.12. The van der Waals surface area contributed by atoms with Crippen molar-refractivity contribution in [2.45, 2.75) is 13.0 Å². The van der Waals surface area contributed by atoms with Crippen molar-refractivity contribution in [2.75, 3.05) is 19.0 Å². The number of amides is 1. The summed E-state index contributed by atoms with van der Waals surface area (Å²) in [6, 6.07) is 12.7. The Morgan fingerprint density at radius 1 is 1.22 bits per heavy atom. The van der Waals surface area contributed by atoms with Crippen LogP contribution in [0.5, 0.6) is 5.75 Å². The molecule has 0 heterocycles. The quantitative estimate of drug-likeness (QED) is 0.815. The highest BCUT2D eigenvalue weighted by molar-refractivity contribution is 6.32. The first-order valence-corrected chi connectivity index (χ1v) is 7.87. The second-order valence-electron chi connectivity index (χ2n) is 5.06. The largest absolute Gasteiger partial charge is 0.495 e. The van der Waals surface area contributed by atoms with E-state index in [1.807, 2.05) is 31.2 Å². The fraction of sp³-hybridized carbons (Fsp3) is 0.235. The van der Waals surface area contributed by atoms with Crippen molar-refractivity contribution in [3.05, 3.63) is 58.1 Å². The topological polar surface area (TPSA) is 50.4 Å². The van der Waals surface area contributed by atoms with Crippen LogP contribution in [0.1, 0.15) is 18.5 Å². The molecule has 23 heavy (non-hydrogen) atoms. The molecule has 0 unspecified atom stereocenters. The van der Waals surface area contributed by atoms with Gasteiger partial charge >= 0.3 is 0 Å². The Morgan fingerprint density at radius 3 is 2.65 bits per heavy atom. The fourth-order valence-corrected chi connectivity index (χ4v) is 2.55. The lowest BCUT2D eigenvalue weighted by Gasteiger charge is -2.14. The molecule has 2 rings (SSSR count). The number of ether oxygens (including phenoxy) is 1. The van der Waals surface area contributed by atoms with Crippen LogP contribution in [0.3, 0.4) is 0 Å². The van der Waals surface area contributed by atoms with Crippen LogP contribution in [-0.2, 0) is 4.79 Å². The zero-order chi connectivity index (χ0) is 16.8. The van der Waals surface area contributed by atoms with E-state index in [2.05, 4.69) is 10.6 Å². The normalized spacial score (nSPS) is 11.8. The molecule has 122 valence electrons. The van der Waals surface area contributed by atoms with Gasteiger partial charge in [-0.3, -0.25) is 4.79 Å². The van der Waals surface area contributed by atoms with Crippen molar-refractivity contribution in [1.82, 2.24) is 5.32 Å². The van der Waals surface area contributed by atoms with E-state index in [9.17, 15) is 4.79 Å². The minimum Gasteiger partial charge on any atom is -0.495 e. The van der Waals surface area contributed by atoms with Crippen molar-refractivity contribution in [2.24, 2.45) is 0 Å². The summed E-state index contributed by atoms with van der Waals surface area (Å²) in [7, 11) is 1.54. The molecule has 0 bridgehead atoms. The van der Waals surface area contributed by atoms with Crippen LogP contribution in [0.15, 0.2) is 42.5 Å². The van der Waals surface area contributed by atoms with Crippen LogP contribution in [0.4, 0.5) is 5.69 Å². The molecule has 2 aromatic rings. The molecule has 0 fully saturated rings. The average Bonchev–Trinajstić information content (AvgIpc) is 2.53. The highest BCUT2D eigenvalue weighted by atomic mass is 35.5. The van der Waals surface area contributed by atoms with E-state index in [-0.39, 0.29) is 18.5 Å². The van der Waals surface area contributed by atoms with Crippen LogP contribution in [0.2, 0.25) is 10.0 Å². The number of hydrogen-bond donors (Lipinski definition) is 2. The van der Waals surface area contributed by atoms with Crippen LogP contribution in [0.25, 0.3) is 0 Å². The summed E-state index contributed by atoms with van der Waals surface area (Å²) in [6.45, 7) is 2.15. The molecule has 2 N–H and O–H groups in total. The van der Waals surface area contributed by atoms with Crippen LogP contribution < -0.4 is 15.4 Å². The first kappa shape index (κ1) is 17.6. The monoisotopic (exact) mass is 352 g/mol. The molecule has 6 heteroatoms. The fourth-order valence-electron chi connectivity index (χ4n) is 2.09. The number of carbonyl (C=O) groups excluding carboxylic acids is 1. The number of halogens is 2. The van der Waals surface area contributed by atoms with Crippen molar-refractivity contribution >= 4 is 34.8 Å². The van der Waals surface area contributed by atoms with Crippen molar-refractivity contribution in [3.63, 3.8) is 0 Å². The number of methoxy groups -OCH3 is 1. The summed E-state index contributed by atoms with van der Waals surface area (Å²) in [5.74, 6) is 0.414. The van der Waals surface area contributed by atoms with E-state index in [0.29, 0.717) is 21.5 Å². The second-order valence-corrected chi connectivity index (χ2v) is 5.90. The molecule has 0 radical (unpaired) electrons. The molecule has 0 saturated carbocycles. The highest BCUT2D eigenvalue weighted by Gasteiger charge is 2.09. The van der Waals surface area contributed by atoms with Gasteiger partial charge in [-0.15, -0.1) is 0 Å². The molecule has 0 aromatic heterocycles. The molecule has 2 aromatic carbocycles. The lowest BCUT2D eigenvalue weighted by Crippen LogP contribution is -2.30. The molecule has 0 saturated heterocycles. The van der Waals surface area contributed by atoms with Crippen molar-refractivity contribution < 1.29 is 9.53 Å². The third kappa shape index (κ3) is 5.13. The van der Waals surface area contributed by atoms with Gasteiger partial charge in [-0.25, -0.2) is 0 Å². The lowest BCUT2D eigenvalue weighted by atomic mass is 10.1. The van der Waals surface area contributed by atoms with Gasteiger partial charge in [-0.1, -0.05) is 35.3 Å². The van der Waals surface area contributed by atoms with Gasteiger partial charge < -0.3 is 15.4 Å². The van der Waals surface area contributed by atoms with Gasteiger partial charge in [0, 0.05) is 16.8 Å². The number of nitrogens with one attached hydrogen (secondary N) is 2. The van der Waals surface area contributed by atoms with Crippen LogP contribution >= 0.6 is 23.2 Å². The summed E-state index contributed by atoms with van der Waals surface area (Å²) in [6.07, 6.45) is 0. The minimum absolute atomic E-state index is 0.0129. The van der Waals surface area contributed by atoms with Crippen LogP contribution in [-0.4, -0.2) is 19.6 Å². The Morgan fingerprint density at radius 2 is 2.00 bits per heavy atom. The summed E-state index contributed by atoms with van der Waals surface area (Å²) in [5, 5.41) is 7.06. The van der Waals surface area contributed by atoms with E-state index in [4.69, 9.17) is 27.9 Å². The maximum absolute atomic E-state index is 12.0. The SMILES string of the molecule is COc1ccc(NC(=O)CN[C@H](C)c2cccc(Cl)c2)cc1Cl. The van der Waals surface area contributed by atoms with E-state index in [0.717, 1.165) is 5.56 Å². The molecule has 1 atom stereocenters. The maximum Gasteiger partial charge on any atom is 0.238 e. The smallest absolute Gasteiger partial charge is 0.238 e. The number of hydrogen-bond acceptors (Lipinski definition) is 3. The Labute approximate surface area is 145 Å². The molecule has 1 amide bonds. The number of carbonyl (C=O) groups is 1. The average molecular weight is 353 g/mol. The predicted molar refractivity (Wildman–Crippen MR) is 94.5 cm³/mol. The van der Waals surface area contributed by atoms with E-state index in [1.54, 1.807) is 25.3 Å². The Hall–Kier alpha value is -1.75. The molecular weight excluding hydrogens is 335 g/mol. The Bertz CT molecular complexity index is 692. The predicted octanol–water partition coefficient (Wildman–Crippen LogP) is 4.29. The minimum atomic E-state index is -0.153. The van der Waals surface area contributed by atoms with Gasteiger partial charge in [-0.05, 0) is 42.8 Å². The van der Waals surface area contributed by atoms with E-state index in [1.165, 1.54) is 0 Å². The molecule has 0 spiro atoms. The standard InChI is InChI=1S/C17H18Cl2N2O2/c1-11(12-4-3-5-13(18)8-12)20-10-17(22)21-14-6-7-16(23-2)15(19)9-14/h3-9,11,20H,10H2,1-2H3,(H,21,22)/t11-/m1/s1. The number of rotatable bonds is 6. The highest BCUT2D eigenvalue weighted by Crippen LogP contribution is 2.27. The van der Waals surface area contributed by atoms with Gasteiger partial charge in [0.2, 0.25) is 5.91 Å². The second kappa shape index (κ2) is 8.20. The number of anilines is 1. The molecule has 0 aliphatic carbocycles. The van der Waals surface area contributed by atoms with Gasteiger partial charge in [-0.2, -0.15) is 0 Å². The third-order valence-electron chi connectivity index (χ3n) is 3.35. The zero-order valence-corrected chi connectivity index (χ0v) is 14.4. The molecule has 4 nitrogen and oxygen atoms in total. The molecular formula is C17H18Cl2N2O2. The zero-order valence-electron chi connectivity index (χ0n) is 12.9. The van der Waals surface area contributed by atoms with Gasteiger partial charge in [0.05, 0.1) is 18.7 Å². The Balaban J connectivity index is 1.88. The van der Waals surface area contributed by atoms with Crippen molar-refractivity contribution in [3.8, 4) is 5.75 Å². The van der Waals surface area contributed by atoms with Gasteiger partial charge in [0.1, 0.15) is 5.75 Å². The summed E-state index contributed by atoms with van der Waals surface area (Å²) in [5.41, 5.74) is 1.65. The van der Waals surface area contributed by atoms with E-state index < -0.39 is 0 Å². The maximum atomic E-state index is 12.0. The molecule has 0 aliphatic rings. The van der Waals surface area contributed by atoms with Crippen LogP contribution in [0, 0.1) is 0 Å². The third-order valence-corrected chi connectivity index (χ3v) is 3.88. The summed E-state index contributed by atoms with van der Waals surface area (Å²) < 4.78 is 5.07. The molecule has 0 aliphatic heterocycles. The van der Waals surface area contributed by atoms with Gasteiger partial charge in [0.25, 0.3) is 0 Å². The van der Waals surface area contributed by atoms with Crippen molar-refractivity contribution in [1.29, 1.82) is 0 Å². The lowest BCUT2D eigenvalue weighted by molar-refractivity contribution is -0.115. The van der Waals surface area contributed by atoms with E-state index >= 15 is 0 Å². The number of benzene rings is 2.